The second-order valence-electron chi connectivity index (χ2n) is 6.30. The van der Waals surface area contributed by atoms with Gasteiger partial charge >= 0.3 is 0 Å². The zero-order valence-corrected chi connectivity index (χ0v) is 17.5. The molecule has 6 heteroatoms. The minimum atomic E-state index is 0. The first-order valence-electron chi connectivity index (χ1n) is 8.60. The number of halogens is 1. The SMILES string of the molecule is CN=C(NCCc1ccc(C)nc1)N(C)CCC1CCOCC1.I. The first-order valence-corrected chi connectivity index (χ1v) is 8.60. The Balaban J connectivity index is 0.00000288. The number of guanidine groups is 1. The molecule has 0 unspecified atom stereocenters. The standard InChI is InChI=1S/C18H30N4O.HI/c1-15-4-5-17(14-21-15)6-10-20-18(19-2)22(3)11-7-16-8-12-23-13-9-16;/h4-5,14,16H,6-13H2,1-3H3,(H,19,20);1H. The average molecular weight is 446 g/mol. The van der Waals surface area contributed by atoms with Crippen molar-refractivity contribution in [3.05, 3.63) is 29.6 Å². The zero-order valence-electron chi connectivity index (χ0n) is 15.1. The lowest BCUT2D eigenvalue weighted by Crippen LogP contribution is -2.40. The number of aryl methyl sites for hydroxylation is 1. The smallest absolute Gasteiger partial charge is 0.193 e. The Kier molecular flexibility index (Phi) is 10.2. The molecule has 0 bridgehead atoms. The molecule has 1 aromatic rings. The Labute approximate surface area is 163 Å². The van der Waals surface area contributed by atoms with Crippen LogP contribution in [0.3, 0.4) is 0 Å². The number of nitrogens with zero attached hydrogens (tertiary/aromatic N) is 3. The molecule has 1 aromatic heterocycles. The Hall–Kier alpha value is -0.890. The van der Waals surface area contributed by atoms with Crippen LogP contribution in [0.4, 0.5) is 0 Å². The van der Waals surface area contributed by atoms with Gasteiger partial charge in [-0.05, 0) is 50.2 Å². The summed E-state index contributed by atoms with van der Waals surface area (Å²) in [6, 6.07) is 4.20. The Bertz CT molecular complexity index is 486. The van der Waals surface area contributed by atoms with Crippen molar-refractivity contribution in [2.45, 2.75) is 32.6 Å². The van der Waals surface area contributed by atoms with E-state index in [1.165, 1.54) is 24.8 Å². The van der Waals surface area contributed by atoms with Gasteiger partial charge in [-0.1, -0.05) is 6.07 Å². The van der Waals surface area contributed by atoms with E-state index in [1.54, 1.807) is 0 Å². The quantitative estimate of drug-likeness (QED) is 0.415. The monoisotopic (exact) mass is 446 g/mol. The average Bonchev–Trinajstić information content (AvgIpc) is 2.59. The van der Waals surface area contributed by atoms with Crippen LogP contribution >= 0.6 is 24.0 Å². The van der Waals surface area contributed by atoms with Gasteiger partial charge in [-0.25, -0.2) is 0 Å². The van der Waals surface area contributed by atoms with Crippen molar-refractivity contribution < 1.29 is 4.74 Å². The summed E-state index contributed by atoms with van der Waals surface area (Å²) in [7, 11) is 3.96. The molecule has 0 atom stereocenters. The van der Waals surface area contributed by atoms with E-state index in [2.05, 4.69) is 39.4 Å². The summed E-state index contributed by atoms with van der Waals surface area (Å²) in [5, 5.41) is 3.44. The summed E-state index contributed by atoms with van der Waals surface area (Å²) in [4.78, 5) is 10.9. The first kappa shape index (κ1) is 21.2. The van der Waals surface area contributed by atoms with Crippen LogP contribution in [0.2, 0.25) is 0 Å². The minimum Gasteiger partial charge on any atom is -0.381 e. The van der Waals surface area contributed by atoms with E-state index in [0.29, 0.717) is 0 Å². The molecule has 136 valence electrons. The Morgan fingerprint density at radius 3 is 2.75 bits per heavy atom. The second-order valence-corrected chi connectivity index (χ2v) is 6.30. The maximum Gasteiger partial charge on any atom is 0.193 e. The van der Waals surface area contributed by atoms with Gasteiger partial charge in [-0.15, -0.1) is 24.0 Å². The number of aromatic nitrogens is 1. The highest BCUT2D eigenvalue weighted by Gasteiger charge is 2.15. The molecule has 1 N–H and O–H groups in total. The number of hydrogen-bond acceptors (Lipinski definition) is 3. The number of ether oxygens (including phenoxy) is 1. The third-order valence-corrected chi connectivity index (χ3v) is 4.46. The van der Waals surface area contributed by atoms with E-state index in [1.807, 2.05) is 20.2 Å². The van der Waals surface area contributed by atoms with Crippen LogP contribution < -0.4 is 5.32 Å². The molecule has 0 spiro atoms. The molecule has 2 rings (SSSR count). The van der Waals surface area contributed by atoms with Crippen molar-refractivity contribution in [2.24, 2.45) is 10.9 Å². The van der Waals surface area contributed by atoms with Gasteiger partial charge in [-0.2, -0.15) is 0 Å². The highest BCUT2D eigenvalue weighted by molar-refractivity contribution is 14.0. The summed E-state index contributed by atoms with van der Waals surface area (Å²) >= 11 is 0. The highest BCUT2D eigenvalue weighted by Crippen LogP contribution is 2.18. The molecule has 1 fully saturated rings. The van der Waals surface area contributed by atoms with Gasteiger partial charge in [0.1, 0.15) is 0 Å². The fraction of sp³-hybridized carbons (Fsp3) is 0.667. The molecule has 1 saturated heterocycles. The zero-order chi connectivity index (χ0) is 16.5. The van der Waals surface area contributed by atoms with Gasteiger partial charge in [-0.3, -0.25) is 9.98 Å². The van der Waals surface area contributed by atoms with Gasteiger partial charge in [0.05, 0.1) is 0 Å². The number of aliphatic imine (C=N–C) groups is 1. The molecule has 0 aromatic carbocycles. The van der Waals surface area contributed by atoms with Crippen LogP contribution in [-0.4, -0.2) is 56.2 Å². The van der Waals surface area contributed by atoms with Crippen LogP contribution in [0.25, 0.3) is 0 Å². The fourth-order valence-electron chi connectivity index (χ4n) is 2.87. The van der Waals surface area contributed by atoms with E-state index in [9.17, 15) is 0 Å². The Morgan fingerprint density at radius 2 is 2.12 bits per heavy atom. The Morgan fingerprint density at radius 1 is 1.38 bits per heavy atom. The van der Waals surface area contributed by atoms with Crippen molar-refractivity contribution >= 4 is 29.9 Å². The van der Waals surface area contributed by atoms with Crippen molar-refractivity contribution in [2.75, 3.05) is 40.4 Å². The maximum atomic E-state index is 5.42. The van der Waals surface area contributed by atoms with Gasteiger partial charge in [0, 0.05) is 52.3 Å². The van der Waals surface area contributed by atoms with Crippen molar-refractivity contribution in [3.63, 3.8) is 0 Å². The highest BCUT2D eigenvalue weighted by atomic mass is 127. The molecule has 1 aliphatic heterocycles. The summed E-state index contributed by atoms with van der Waals surface area (Å²) in [5.41, 5.74) is 2.31. The summed E-state index contributed by atoms with van der Waals surface area (Å²) in [6.07, 6.45) is 6.51. The first-order chi connectivity index (χ1) is 11.2. The van der Waals surface area contributed by atoms with E-state index >= 15 is 0 Å². The molecular weight excluding hydrogens is 415 g/mol. The maximum absolute atomic E-state index is 5.42. The van der Waals surface area contributed by atoms with Crippen molar-refractivity contribution in [3.8, 4) is 0 Å². The van der Waals surface area contributed by atoms with Crippen molar-refractivity contribution in [1.82, 2.24) is 15.2 Å². The largest absolute Gasteiger partial charge is 0.381 e. The van der Waals surface area contributed by atoms with Gasteiger partial charge in [0.15, 0.2) is 5.96 Å². The second kappa shape index (κ2) is 11.6. The third kappa shape index (κ3) is 7.34. The minimum absolute atomic E-state index is 0. The molecule has 5 nitrogen and oxygen atoms in total. The lowest BCUT2D eigenvalue weighted by Gasteiger charge is -2.26. The van der Waals surface area contributed by atoms with E-state index in [0.717, 1.165) is 50.3 Å². The van der Waals surface area contributed by atoms with E-state index in [-0.39, 0.29) is 24.0 Å². The lowest BCUT2D eigenvalue weighted by atomic mass is 9.96. The van der Waals surface area contributed by atoms with Gasteiger partial charge < -0.3 is 15.0 Å². The summed E-state index contributed by atoms with van der Waals surface area (Å²) < 4.78 is 5.42. The van der Waals surface area contributed by atoms with Crippen LogP contribution in [0.15, 0.2) is 23.3 Å². The number of pyridine rings is 1. The summed E-state index contributed by atoms with van der Waals surface area (Å²) in [6.45, 7) is 5.77. The summed E-state index contributed by atoms with van der Waals surface area (Å²) in [5.74, 6) is 1.76. The predicted molar refractivity (Wildman–Crippen MR) is 110 cm³/mol. The fourth-order valence-corrected chi connectivity index (χ4v) is 2.87. The van der Waals surface area contributed by atoms with E-state index in [4.69, 9.17) is 4.74 Å². The van der Waals surface area contributed by atoms with Crippen LogP contribution in [0.5, 0.6) is 0 Å². The van der Waals surface area contributed by atoms with Gasteiger partial charge in [0.25, 0.3) is 0 Å². The van der Waals surface area contributed by atoms with Gasteiger partial charge in [0.2, 0.25) is 0 Å². The lowest BCUT2D eigenvalue weighted by molar-refractivity contribution is 0.0625. The molecule has 0 radical (unpaired) electrons. The van der Waals surface area contributed by atoms with E-state index < -0.39 is 0 Å². The molecule has 2 heterocycles. The molecule has 0 amide bonds. The molecular formula is C18H31IN4O. The number of rotatable bonds is 6. The molecule has 0 saturated carbocycles. The number of nitrogens with one attached hydrogen (secondary N) is 1. The third-order valence-electron chi connectivity index (χ3n) is 4.46. The number of hydrogen-bond donors (Lipinski definition) is 1. The van der Waals surface area contributed by atoms with Crippen molar-refractivity contribution in [1.29, 1.82) is 0 Å². The molecule has 24 heavy (non-hydrogen) atoms. The van der Waals surface area contributed by atoms with Crippen LogP contribution in [-0.2, 0) is 11.2 Å². The van der Waals surface area contributed by atoms with Crippen LogP contribution in [0, 0.1) is 12.8 Å². The normalized spacial score (nSPS) is 15.7. The predicted octanol–water partition coefficient (Wildman–Crippen LogP) is 2.87. The topological polar surface area (TPSA) is 49.8 Å². The molecule has 0 aliphatic carbocycles. The van der Waals surface area contributed by atoms with Crippen LogP contribution in [0.1, 0.15) is 30.5 Å². The molecule has 1 aliphatic rings.